The van der Waals surface area contributed by atoms with Crippen molar-refractivity contribution in [3.05, 3.63) is 35.9 Å². The fraction of sp³-hybridized carbons (Fsp3) is 0.273. The van der Waals surface area contributed by atoms with Crippen molar-refractivity contribution in [3.63, 3.8) is 0 Å². The molecule has 0 atom stereocenters. The molecule has 0 saturated heterocycles. The molecule has 0 radical (unpaired) electrons. The first-order valence-corrected chi connectivity index (χ1v) is 5.19. The highest BCUT2D eigenvalue weighted by molar-refractivity contribution is 5.86. The Morgan fingerprint density at radius 1 is 1.35 bits per heavy atom. The third kappa shape index (κ3) is 2.15. The summed E-state index contributed by atoms with van der Waals surface area (Å²) in [5, 5.41) is 12.8. The van der Waals surface area contributed by atoms with E-state index in [4.69, 9.17) is 5.11 Å². The highest BCUT2D eigenvalue weighted by Gasteiger charge is 2.13. The Hall–Kier alpha value is -2.24. The number of carbonyl (C=O) groups is 1. The first-order valence-electron chi connectivity index (χ1n) is 5.19. The van der Waals surface area contributed by atoms with Crippen LogP contribution in [0.4, 0.5) is 0 Å². The van der Waals surface area contributed by atoms with Crippen molar-refractivity contribution in [3.8, 4) is 5.95 Å². The maximum absolute atomic E-state index is 10.9. The summed E-state index contributed by atoms with van der Waals surface area (Å²) in [5.74, 6) is -0.462. The predicted octanol–water partition coefficient (Wildman–Crippen LogP) is 1.48. The highest BCUT2D eigenvalue weighted by Crippen LogP contribution is 2.12. The number of hydrogen-bond donors (Lipinski definition) is 1. The van der Waals surface area contributed by atoms with Crippen molar-refractivity contribution in [1.82, 2.24) is 19.7 Å². The largest absolute Gasteiger partial charge is 0.477 e. The van der Waals surface area contributed by atoms with Gasteiger partial charge in [0.1, 0.15) is 0 Å². The number of rotatable bonds is 3. The van der Waals surface area contributed by atoms with Crippen LogP contribution in [0.25, 0.3) is 5.95 Å². The minimum absolute atomic E-state index is 0.0438. The Labute approximate surface area is 98.0 Å². The molecule has 0 aliphatic carbocycles. The molecule has 0 aliphatic rings. The van der Waals surface area contributed by atoms with Gasteiger partial charge in [-0.1, -0.05) is 13.8 Å². The van der Waals surface area contributed by atoms with Gasteiger partial charge < -0.3 is 5.11 Å². The molecule has 6 nitrogen and oxygen atoms in total. The molecule has 2 aromatic rings. The third-order valence-electron chi connectivity index (χ3n) is 2.38. The van der Waals surface area contributed by atoms with Crippen molar-refractivity contribution in [2.24, 2.45) is 0 Å². The van der Waals surface area contributed by atoms with Gasteiger partial charge in [-0.05, 0) is 17.5 Å². The van der Waals surface area contributed by atoms with Crippen LogP contribution in [0.15, 0.2) is 24.7 Å². The SMILES string of the molecule is CC(C)c1cnc(-n2nccc2C(=O)O)nc1. The summed E-state index contributed by atoms with van der Waals surface area (Å²) in [6.45, 7) is 4.07. The Bertz CT molecular complexity index is 531. The van der Waals surface area contributed by atoms with Gasteiger partial charge in [-0.25, -0.2) is 14.8 Å². The lowest BCUT2D eigenvalue weighted by molar-refractivity contribution is 0.0686. The van der Waals surface area contributed by atoms with Crippen LogP contribution in [-0.4, -0.2) is 30.8 Å². The van der Waals surface area contributed by atoms with E-state index < -0.39 is 5.97 Å². The van der Waals surface area contributed by atoms with E-state index in [0.717, 1.165) is 5.56 Å². The number of hydrogen-bond acceptors (Lipinski definition) is 4. The van der Waals surface area contributed by atoms with Crippen LogP contribution in [0.3, 0.4) is 0 Å². The average molecular weight is 232 g/mol. The summed E-state index contributed by atoms with van der Waals surface area (Å²) < 4.78 is 1.20. The summed E-state index contributed by atoms with van der Waals surface area (Å²) in [5.41, 5.74) is 1.04. The molecular weight excluding hydrogens is 220 g/mol. The molecule has 2 rings (SSSR count). The number of aromatic carboxylic acids is 1. The fourth-order valence-corrected chi connectivity index (χ4v) is 1.36. The van der Waals surface area contributed by atoms with Crippen LogP contribution in [0.5, 0.6) is 0 Å². The normalized spacial score (nSPS) is 10.8. The van der Waals surface area contributed by atoms with E-state index in [0.29, 0.717) is 5.92 Å². The van der Waals surface area contributed by atoms with Gasteiger partial charge in [0.15, 0.2) is 5.69 Å². The molecule has 0 bridgehead atoms. The number of nitrogens with zero attached hydrogens (tertiary/aromatic N) is 4. The maximum atomic E-state index is 10.9. The molecule has 17 heavy (non-hydrogen) atoms. The summed E-state index contributed by atoms with van der Waals surface area (Å²) >= 11 is 0. The molecule has 0 saturated carbocycles. The van der Waals surface area contributed by atoms with E-state index in [1.165, 1.54) is 16.9 Å². The Balaban J connectivity index is 2.40. The maximum Gasteiger partial charge on any atom is 0.354 e. The standard InChI is InChI=1S/C11H12N4O2/c1-7(2)8-5-12-11(13-6-8)15-9(10(16)17)3-4-14-15/h3-7H,1-2H3,(H,16,17). The van der Waals surface area contributed by atoms with Gasteiger partial charge in [0.25, 0.3) is 5.95 Å². The molecule has 1 N–H and O–H groups in total. The minimum atomic E-state index is -1.06. The zero-order valence-corrected chi connectivity index (χ0v) is 9.53. The number of carboxylic acids is 1. The monoisotopic (exact) mass is 232 g/mol. The highest BCUT2D eigenvalue weighted by atomic mass is 16.4. The second-order valence-electron chi connectivity index (χ2n) is 3.90. The van der Waals surface area contributed by atoms with E-state index in [2.05, 4.69) is 15.1 Å². The van der Waals surface area contributed by atoms with Crippen molar-refractivity contribution < 1.29 is 9.90 Å². The third-order valence-corrected chi connectivity index (χ3v) is 2.38. The van der Waals surface area contributed by atoms with Crippen LogP contribution < -0.4 is 0 Å². The van der Waals surface area contributed by atoms with Gasteiger partial charge in [-0.3, -0.25) is 0 Å². The van der Waals surface area contributed by atoms with E-state index >= 15 is 0 Å². The van der Waals surface area contributed by atoms with Gasteiger partial charge in [-0.2, -0.15) is 9.78 Å². The van der Waals surface area contributed by atoms with Gasteiger partial charge in [0.05, 0.1) is 6.20 Å². The Morgan fingerprint density at radius 3 is 2.53 bits per heavy atom. The van der Waals surface area contributed by atoms with E-state index in [-0.39, 0.29) is 11.6 Å². The van der Waals surface area contributed by atoms with Gasteiger partial charge in [-0.15, -0.1) is 0 Å². The number of carboxylic acid groups (broad SMARTS) is 1. The molecule has 88 valence electrons. The molecule has 2 aromatic heterocycles. The molecule has 0 aromatic carbocycles. The van der Waals surface area contributed by atoms with Crippen molar-refractivity contribution >= 4 is 5.97 Å². The van der Waals surface area contributed by atoms with Crippen LogP contribution in [0.2, 0.25) is 0 Å². The topological polar surface area (TPSA) is 80.9 Å². The summed E-state index contributed by atoms with van der Waals surface area (Å²) in [6.07, 6.45) is 4.77. The lowest BCUT2D eigenvalue weighted by Crippen LogP contribution is -2.11. The summed E-state index contributed by atoms with van der Waals surface area (Å²) in [7, 11) is 0. The fourth-order valence-electron chi connectivity index (χ4n) is 1.36. The van der Waals surface area contributed by atoms with Crippen molar-refractivity contribution in [2.45, 2.75) is 19.8 Å². The second kappa shape index (κ2) is 4.32. The van der Waals surface area contributed by atoms with Crippen LogP contribution in [-0.2, 0) is 0 Å². The van der Waals surface area contributed by atoms with Crippen LogP contribution in [0, 0.1) is 0 Å². The molecule has 0 spiro atoms. The molecule has 6 heteroatoms. The molecule has 0 amide bonds. The first kappa shape index (κ1) is 11.3. The zero-order chi connectivity index (χ0) is 12.4. The van der Waals surface area contributed by atoms with Gasteiger partial charge in [0, 0.05) is 12.4 Å². The van der Waals surface area contributed by atoms with E-state index in [1.54, 1.807) is 12.4 Å². The van der Waals surface area contributed by atoms with Crippen molar-refractivity contribution in [2.75, 3.05) is 0 Å². The van der Waals surface area contributed by atoms with Gasteiger partial charge >= 0.3 is 5.97 Å². The van der Waals surface area contributed by atoms with Gasteiger partial charge in [0.2, 0.25) is 0 Å². The van der Waals surface area contributed by atoms with E-state index in [9.17, 15) is 4.79 Å². The minimum Gasteiger partial charge on any atom is -0.477 e. The van der Waals surface area contributed by atoms with Crippen LogP contribution in [0.1, 0.15) is 35.8 Å². The summed E-state index contributed by atoms with van der Waals surface area (Å²) in [4.78, 5) is 19.1. The quantitative estimate of drug-likeness (QED) is 0.866. The average Bonchev–Trinajstić information content (AvgIpc) is 2.78. The van der Waals surface area contributed by atoms with E-state index in [1.807, 2.05) is 13.8 Å². The smallest absolute Gasteiger partial charge is 0.354 e. The zero-order valence-electron chi connectivity index (χ0n) is 9.53. The molecule has 0 fully saturated rings. The predicted molar refractivity (Wildman–Crippen MR) is 60.2 cm³/mol. The lowest BCUT2D eigenvalue weighted by Gasteiger charge is -2.05. The lowest BCUT2D eigenvalue weighted by atomic mass is 10.1. The summed E-state index contributed by atoms with van der Waals surface area (Å²) in [6, 6.07) is 1.40. The Kier molecular flexibility index (Phi) is 2.86. The second-order valence-corrected chi connectivity index (χ2v) is 3.90. The van der Waals surface area contributed by atoms with Crippen molar-refractivity contribution in [1.29, 1.82) is 0 Å². The Morgan fingerprint density at radius 2 is 2.00 bits per heavy atom. The number of aromatic nitrogens is 4. The molecule has 0 unspecified atom stereocenters. The first-order chi connectivity index (χ1) is 8.09. The molecular formula is C11H12N4O2. The molecule has 2 heterocycles. The van der Waals surface area contributed by atoms with Crippen LogP contribution >= 0.6 is 0 Å². The molecule has 0 aliphatic heterocycles.